The number of benzene rings is 1. The Kier molecular flexibility index (Phi) is 5.92. The summed E-state index contributed by atoms with van der Waals surface area (Å²) in [5.41, 5.74) is 6.58. The van der Waals surface area contributed by atoms with E-state index in [1.807, 2.05) is 0 Å². The Morgan fingerprint density at radius 3 is 2.58 bits per heavy atom. The van der Waals surface area contributed by atoms with Crippen molar-refractivity contribution >= 4 is 17.6 Å². The lowest BCUT2D eigenvalue weighted by Crippen LogP contribution is -2.17. The third-order valence-corrected chi connectivity index (χ3v) is 3.00. The summed E-state index contributed by atoms with van der Waals surface area (Å²) >= 11 is 6.21. The minimum atomic E-state index is -0.550. The molecule has 0 aromatic heterocycles. The molecule has 0 saturated carbocycles. The van der Waals surface area contributed by atoms with Gasteiger partial charge in [0.05, 0.1) is 32.3 Å². The van der Waals surface area contributed by atoms with Crippen molar-refractivity contribution in [3.63, 3.8) is 0 Å². The van der Waals surface area contributed by atoms with Crippen molar-refractivity contribution in [1.82, 2.24) is 0 Å². The lowest BCUT2D eigenvalue weighted by Gasteiger charge is -2.17. The average molecular weight is 288 g/mol. The van der Waals surface area contributed by atoms with Crippen molar-refractivity contribution in [1.29, 1.82) is 0 Å². The molecule has 1 rings (SSSR count). The topological polar surface area (TPSA) is 70.8 Å². The quantitative estimate of drug-likeness (QED) is 0.813. The lowest BCUT2D eigenvalue weighted by atomic mass is 10.0. The lowest BCUT2D eigenvalue weighted by molar-refractivity contribution is -0.143. The van der Waals surface area contributed by atoms with Gasteiger partial charge in [-0.3, -0.25) is 4.79 Å². The molecule has 0 heterocycles. The number of hydrogen-bond donors (Lipinski definition) is 1. The van der Waals surface area contributed by atoms with Crippen LogP contribution in [-0.4, -0.2) is 26.8 Å². The van der Waals surface area contributed by atoms with Crippen LogP contribution in [0.1, 0.15) is 24.9 Å². The minimum Gasteiger partial charge on any atom is -0.493 e. The zero-order chi connectivity index (χ0) is 14.4. The van der Waals surface area contributed by atoms with Gasteiger partial charge in [-0.1, -0.05) is 17.7 Å². The molecule has 106 valence electrons. The molecule has 0 aliphatic heterocycles. The molecular formula is C13H18ClNO4. The van der Waals surface area contributed by atoms with Gasteiger partial charge in [0.15, 0.2) is 11.5 Å². The number of halogens is 1. The number of rotatable bonds is 6. The molecule has 1 atom stereocenters. The van der Waals surface area contributed by atoms with Crippen LogP contribution in [0.2, 0.25) is 5.02 Å². The predicted octanol–water partition coefficient (Wildman–Crippen LogP) is 2.31. The SMILES string of the molecule is CCOC(=O)C[C@@H](N)c1ccc(OC)c(OC)c1Cl. The van der Waals surface area contributed by atoms with E-state index in [1.165, 1.54) is 14.2 Å². The molecule has 0 fully saturated rings. The first-order chi connectivity index (χ1) is 9.04. The molecule has 1 aromatic rings. The van der Waals surface area contributed by atoms with E-state index in [-0.39, 0.29) is 12.4 Å². The number of hydrogen-bond acceptors (Lipinski definition) is 5. The third-order valence-electron chi connectivity index (χ3n) is 2.61. The largest absolute Gasteiger partial charge is 0.493 e. The highest BCUT2D eigenvalue weighted by Crippen LogP contribution is 2.39. The van der Waals surface area contributed by atoms with Gasteiger partial charge in [0, 0.05) is 6.04 Å². The second-order valence-corrected chi connectivity index (χ2v) is 4.20. The van der Waals surface area contributed by atoms with Gasteiger partial charge in [-0.05, 0) is 18.6 Å². The van der Waals surface area contributed by atoms with Crippen molar-refractivity contribution in [2.75, 3.05) is 20.8 Å². The summed E-state index contributed by atoms with van der Waals surface area (Å²) in [5.74, 6) is 0.557. The molecule has 0 radical (unpaired) electrons. The van der Waals surface area contributed by atoms with Crippen LogP contribution in [0.3, 0.4) is 0 Å². The van der Waals surface area contributed by atoms with Gasteiger partial charge < -0.3 is 19.9 Å². The maximum Gasteiger partial charge on any atom is 0.307 e. The number of methoxy groups -OCH3 is 2. The molecule has 0 saturated heterocycles. The number of nitrogens with two attached hydrogens (primary N) is 1. The molecule has 19 heavy (non-hydrogen) atoms. The van der Waals surface area contributed by atoms with Crippen molar-refractivity contribution < 1.29 is 19.0 Å². The Morgan fingerprint density at radius 2 is 2.05 bits per heavy atom. The van der Waals surface area contributed by atoms with Crippen LogP contribution in [-0.2, 0) is 9.53 Å². The van der Waals surface area contributed by atoms with Gasteiger partial charge in [0.25, 0.3) is 0 Å². The van der Waals surface area contributed by atoms with E-state index in [0.717, 1.165) is 0 Å². The van der Waals surface area contributed by atoms with Gasteiger partial charge in [0.1, 0.15) is 0 Å². The van der Waals surface area contributed by atoms with Gasteiger partial charge in [-0.2, -0.15) is 0 Å². The summed E-state index contributed by atoms with van der Waals surface area (Å²) in [4.78, 5) is 11.4. The molecule has 6 heteroatoms. The fourth-order valence-electron chi connectivity index (χ4n) is 1.70. The van der Waals surface area contributed by atoms with Gasteiger partial charge in [-0.25, -0.2) is 0 Å². The Labute approximate surface area is 117 Å². The van der Waals surface area contributed by atoms with Crippen LogP contribution in [0.5, 0.6) is 11.5 Å². The molecule has 0 spiro atoms. The summed E-state index contributed by atoms with van der Waals surface area (Å²) < 4.78 is 15.2. The fourth-order valence-corrected chi connectivity index (χ4v) is 2.07. The van der Waals surface area contributed by atoms with Gasteiger partial charge in [-0.15, -0.1) is 0 Å². The summed E-state index contributed by atoms with van der Waals surface area (Å²) in [6.07, 6.45) is 0.0586. The van der Waals surface area contributed by atoms with Crippen LogP contribution in [0, 0.1) is 0 Å². The highest BCUT2D eigenvalue weighted by Gasteiger charge is 2.20. The second kappa shape index (κ2) is 7.21. The third kappa shape index (κ3) is 3.75. The fraction of sp³-hybridized carbons (Fsp3) is 0.462. The molecule has 0 bridgehead atoms. The minimum absolute atomic E-state index is 0.0586. The van der Waals surface area contributed by atoms with E-state index in [2.05, 4.69) is 0 Å². The predicted molar refractivity (Wildman–Crippen MR) is 72.7 cm³/mol. The zero-order valence-corrected chi connectivity index (χ0v) is 12.0. The van der Waals surface area contributed by atoms with Gasteiger partial charge in [0.2, 0.25) is 0 Å². The number of esters is 1. The first-order valence-corrected chi connectivity index (χ1v) is 6.24. The van der Waals surface area contributed by atoms with Crippen molar-refractivity contribution in [2.24, 2.45) is 5.73 Å². The molecule has 0 unspecified atom stereocenters. The molecule has 0 aliphatic rings. The monoisotopic (exact) mass is 287 g/mol. The van der Waals surface area contributed by atoms with Crippen molar-refractivity contribution in [3.8, 4) is 11.5 Å². The van der Waals surface area contributed by atoms with Crippen LogP contribution in [0.25, 0.3) is 0 Å². The number of ether oxygens (including phenoxy) is 3. The molecule has 2 N–H and O–H groups in total. The van der Waals surface area contributed by atoms with Crippen molar-refractivity contribution in [3.05, 3.63) is 22.7 Å². The molecule has 0 amide bonds. The first kappa shape index (κ1) is 15.6. The van der Waals surface area contributed by atoms with E-state index in [0.29, 0.717) is 28.7 Å². The first-order valence-electron chi connectivity index (χ1n) is 5.86. The van der Waals surface area contributed by atoms with E-state index < -0.39 is 6.04 Å². The van der Waals surface area contributed by atoms with E-state index in [4.69, 9.17) is 31.5 Å². The van der Waals surface area contributed by atoms with Crippen LogP contribution < -0.4 is 15.2 Å². The summed E-state index contributed by atoms with van der Waals surface area (Å²) in [6, 6.07) is 2.87. The Morgan fingerprint density at radius 1 is 1.37 bits per heavy atom. The second-order valence-electron chi connectivity index (χ2n) is 3.82. The molecular weight excluding hydrogens is 270 g/mol. The summed E-state index contributed by atoms with van der Waals surface area (Å²) in [6.45, 7) is 2.07. The van der Waals surface area contributed by atoms with E-state index >= 15 is 0 Å². The highest BCUT2D eigenvalue weighted by molar-refractivity contribution is 6.33. The average Bonchev–Trinajstić information content (AvgIpc) is 2.38. The van der Waals surface area contributed by atoms with Crippen LogP contribution in [0.15, 0.2) is 12.1 Å². The molecule has 1 aromatic carbocycles. The van der Waals surface area contributed by atoms with E-state index in [1.54, 1.807) is 19.1 Å². The maximum atomic E-state index is 11.4. The summed E-state index contributed by atoms with van der Waals surface area (Å²) in [5, 5.41) is 0.346. The van der Waals surface area contributed by atoms with Crippen LogP contribution >= 0.6 is 11.6 Å². The molecule has 0 aliphatic carbocycles. The summed E-state index contributed by atoms with van der Waals surface area (Å²) in [7, 11) is 3.01. The van der Waals surface area contributed by atoms with Crippen LogP contribution in [0.4, 0.5) is 0 Å². The van der Waals surface area contributed by atoms with Crippen molar-refractivity contribution in [2.45, 2.75) is 19.4 Å². The number of carbonyl (C=O) groups is 1. The Balaban J connectivity index is 2.97. The Hall–Kier alpha value is -1.46. The Bertz CT molecular complexity index is 451. The van der Waals surface area contributed by atoms with E-state index in [9.17, 15) is 4.79 Å². The zero-order valence-electron chi connectivity index (χ0n) is 11.2. The standard InChI is InChI=1S/C13H18ClNO4/c1-4-19-11(16)7-9(15)8-5-6-10(17-2)13(18-3)12(8)14/h5-6,9H,4,7,15H2,1-3H3/t9-/m1/s1. The number of carbonyl (C=O) groups excluding carboxylic acids is 1. The van der Waals surface area contributed by atoms with Gasteiger partial charge >= 0.3 is 5.97 Å². The maximum absolute atomic E-state index is 11.4. The highest BCUT2D eigenvalue weighted by atomic mass is 35.5. The molecule has 5 nitrogen and oxygen atoms in total. The smallest absolute Gasteiger partial charge is 0.307 e. The normalized spacial score (nSPS) is 11.8.